The molecule has 1 aromatic rings. The lowest BCUT2D eigenvalue weighted by Gasteiger charge is -2.22. The number of aliphatic hydroxyl groups is 1. The van der Waals surface area contributed by atoms with Gasteiger partial charge in [0.25, 0.3) is 0 Å². The lowest BCUT2D eigenvalue weighted by Crippen LogP contribution is -2.38. The summed E-state index contributed by atoms with van der Waals surface area (Å²) < 4.78 is 5.00. The van der Waals surface area contributed by atoms with Crippen molar-refractivity contribution >= 4 is 23.2 Å². The molecule has 0 aliphatic carbocycles. The third-order valence-corrected chi connectivity index (χ3v) is 3.08. The molecule has 3 nitrogen and oxygen atoms in total. The van der Waals surface area contributed by atoms with Crippen molar-refractivity contribution in [2.24, 2.45) is 0 Å². The summed E-state index contributed by atoms with van der Waals surface area (Å²) in [6, 6.07) is 5.21. The lowest BCUT2D eigenvalue weighted by molar-refractivity contribution is 0.123. The third kappa shape index (κ3) is 4.45. The summed E-state index contributed by atoms with van der Waals surface area (Å²) in [6.07, 6.45) is 0. The van der Waals surface area contributed by atoms with Crippen LogP contribution >= 0.6 is 23.2 Å². The van der Waals surface area contributed by atoms with Crippen molar-refractivity contribution in [2.45, 2.75) is 19.0 Å². The molecule has 1 aromatic carbocycles. The maximum absolute atomic E-state index is 9.18. The van der Waals surface area contributed by atoms with E-state index in [0.717, 1.165) is 5.56 Å². The number of hydrogen-bond acceptors (Lipinski definition) is 3. The largest absolute Gasteiger partial charge is 0.395 e. The van der Waals surface area contributed by atoms with Crippen molar-refractivity contribution in [3.63, 3.8) is 0 Å². The Balaban J connectivity index is 2.74. The Morgan fingerprint density at radius 2 is 2.12 bits per heavy atom. The van der Waals surface area contributed by atoms with Crippen LogP contribution in [0.3, 0.4) is 0 Å². The summed E-state index contributed by atoms with van der Waals surface area (Å²) in [6.45, 7) is 2.42. The fraction of sp³-hybridized carbons (Fsp3) is 0.500. The van der Waals surface area contributed by atoms with E-state index < -0.39 is 0 Å². The van der Waals surface area contributed by atoms with Crippen LogP contribution in [0.2, 0.25) is 10.0 Å². The van der Waals surface area contributed by atoms with E-state index in [9.17, 15) is 5.11 Å². The van der Waals surface area contributed by atoms with E-state index in [1.54, 1.807) is 19.2 Å². The Labute approximate surface area is 112 Å². The summed E-state index contributed by atoms with van der Waals surface area (Å²) in [5.41, 5.74) is 0.911. The number of benzene rings is 1. The molecule has 2 atom stereocenters. The van der Waals surface area contributed by atoms with Crippen molar-refractivity contribution in [1.82, 2.24) is 5.32 Å². The molecule has 1 rings (SSSR count). The summed E-state index contributed by atoms with van der Waals surface area (Å²) >= 11 is 12.0. The minimum atomic E-state index is -0.120. The van der Waals surface area contributed by atoms with Crippen molar-refractivity contribution < 1.29 is 9.84 Å². The number of hydrogen-bond donors (Lipinski definition) is 2. The van der Waals surface area contributed by atoms with Crippen LogP contribution in [0.1, 0.15) is 18.5 Å². The van der Waals surface area contributed by atoms with Crippen molar-refractivity contribution in [2.75, 3.05) is 20.3 Å². The molecule has 0 saturated heterocycles. The van der Waals surface area contributed by atoms with Gasteiger partial charge >= 0.3 is 0 Å². The summed E-state index contributed by atoms with van der Waals surface area (Å²) in [7, 11) is 1.60. The first-order chi connectivity index (χ1) is 8.08. The lowest BCUT2D eigenvalue weighted by atomic mass is 10.1. The van der Waals surface area contributed by atoms with Crippen LogP contribution in [0, 0.1) is 0 Å². The van der Waals surface area contributed by atoms with Crippen molar-refractivity contribution in [3.8, 4) is 0 Å². The second kappa shape index (κ2) is 7.19. The fourth-order valence-corrected chi connectivity index (χ4v) is 2.11. The van der Waals surface area contributed by atoms with Gasteiger partial charge in [0, 0.05) is 23.2 Å². The Bertz CT molecular complexity index is 360. The number of halogens is 2. The topological polar surface area (TPSA) is 41.5 Å². The molecule has 5 heteroatoms. The zero-order valence-corrected chi connectivity index (χ0v) is 11.4. The number of ether oxygens (including phenoxy) is 1. The van der Waals surface area contributed by atoms with Crippen LogP contribution in [0.25, 0.3) is 0 Å². The average Bonchev–Trinajstić information content (AvgIpc) is 2.31. The van der Waals surface area contributed by atoms with Crippen molar-refractivity contribution in [1.29, 1.82) is 0 Å². The van der Waals surface area contributed by atoms with Crippen molar-refractivity contribution in [3.05, 3.63) is 33.8 Å². The molecule has 0 spiro atoms. The number of methoxy groups -OCH3 is 1. The van der Waals surface area contributed by atoms with E-state index in [1.165, 1.54) is 0 Å². The molecule has 0 aliphatic heterocycles. The molecule has 0 fully saturated rings. The maximum Gasteiger partial charge on any atom is 0.0638 e. The number of nitrogens with one attached hydrogen (secondary N) is 1. The SMILES string of the molecule is COCC(CO)NC(C)c1cc(Cl)ccc1Cl. The molecule has 96 valence electrons. The fourth-order valence-electron chi connectivity index (χ4n) is 1.64. The van der Waals surface area contributed by atoms with Gasteiger partial charge in [0.1, 0.15) is 0 Å². The highest BCUT2D eigenvalue weighted by atomic mass is 35.5. The first kappa shape index (κ1) is 14.7. The smallest absolute Gasteiger partial charge is 0.0638 e. The molecule has 17 heavy (non-hydrogen) atoms. The van der Waals surface area contributed by atoms with Gasteiger partial charge in [-0.1, -0.05) is 23.2 Å². The highest BCUT2D eigenvalue weighted by molar-refractivity contribution is 6.33. The monoisotopic (exact) mass is 277 g/mol. The van der Waals surface area contributed by atoms with Gasteiger partial charge in [0.15, 0.2) is 0 Å². The van der Waals surface area contributed by atoms with Crippen LogP contribution in [0.5, 0.6) is 0 Å². The molecule has 0 amide bonds. The Kier molecular flexibility index (Phi) is 6.23. The van der Waals surface area contributed by atoms with E-state index in [-0.39, 0.29) is 18.7 Å². The van der Waals surface area contributed by atoms with Gasteiger partial charge in [0.2, 0.25) is 0 Å². The number of rotatable bonds is 6. The quantitative estimate of drug-likeness (QED) is 0.840. The van der Waals surface area contributed by atoms with Crippen LogP contribution in [-0.4, -0.2) is 31.5 Å². The van der Waals surface area contributed by atoms with Gasteiger partial charge in [-0.3, -0.25) is 0 Å². The molecule has 0 aliphatic rings. The minimum Gasteiger partial charge on any atom is -0.395 e. The summed E-state index contributed by atoms with van der Waals surface area (Å²) in [4.78, 5) is 0. The third-order valence-electron chi connectivity index (χ3n) is 2.50. The van der Waals surface area contributed by atoms with E-state index in [0.29, 0.717) is 16.7 Å². The summed E-state index contributed by atoms with van der Waals surface area (Å²) in [5.74, 6) is 0. The van der Waals surface area contributed by atoms with Gasteiger partial charge in [-0.15, -0.1) is 0 Å². The van der Waals surface area contributed by atoms with E-state index in [4.69, 9.17) is 27.9 Å². The predicted molar refractivity (Wildman–Crippen MR) is 70.8 cm³/mol. The molecule has 0 saturated carbocycles. The highest BCUT2D eigenvalue weighted by Gasteiger charge is 2.15. The molecule has 0 radical (unpaired) electrons. The van der Waals surface area contributed by atoms with Gasteiger partial charge in [-0.25, -0.2) is 0 Å². The van der Waals surface area contributed by atoms with Gasteiger partial charge in [-0.05, 0) is 30.7 Å². The molecule has 0 aromatic heterocycles. The zero-order chi connectivity index (χ0) is 12.8. The second-order valence-electron chi connectivity index (χ2n) is 3.89. The van der Waals surface area contributed by atoms with Gasteiger partial charge in [0.05, 0.1) is 19.3 Å². The standard InChI is InChI=1S/C12H17Cl2NO2/c1-8(15-10(6-16)7-17-2)11-5-9(13)3-4-12(11)14/h3-5,8,10,15-16H,6-7H2,1-2H3. The molecule has 2 N–H and O–H groups in total. The Hall–Kier alpha value is -0.320. The Morgan fingerprint density at radius 3 is 2.71 bits per heavy atom. The second-order valence-corrected chi connectivity index (χ2v) is 4.73. The molecular weight excluding hydrogens is 261 g/mol. The first-order valence-electron chi connectivity index (χ1n) is 5.39. The Morgan fingerprint density at radius 1 is 1.41 bits per heavy atom. The first-order valence-corrected chi connectivity index (χ1v) is 6.14. The molecule has 0 heterocycles. The predicted octanol–water partition coefficient (Wildman–Crippen LogP) is 2.65. The van der Waals surface area contributed by atoms with Gasteiger partial charge in [-0.2, -0.15) is 0 Å². The maximum atomic E-state index is 9.18. The average molecular weight is 278 g/mol. The summed E-state index contributed by atoms with van der Waals surface area (Å²) in [5, 5.41) is 13.7. The van der Waals surface area contributed by atoms with Crippen LogP contribution in [-0.2, 0) is 4.74 Å². The van der Waals surface area contributed by atoms with E-state index in [2.05, 4.69) is 5.32 Å². The molecule has 2 unspecified atom stereocenters. The van der Waals surface area contributed by atoms with Crippen LogP contribution in [0.15, 0.2) is 18.2 Å². The minimum absolute atomic E-state index is 0.00602. The van der Waals surface area contributed by atoms with E-state index >= 15 is 0 Å². The van der Waals surface area contributed by atoms with E-state index in [1.807, 2.05) is 13.0 Å². The zero-order valence-electron chi connectivity index (χ0n) is 9.91. The molecule has 0 bridgehead atoms. The normalized spacial score (nSPS) is 14.6. The van der Waals surface area contributed by atoms with Crippen LogP contribution in [0.4, 0.5) is 0 Å². The van der Waals surface area contributed by atoms with Gasteiger partial charge < -0.3 is 15.2 Å². The van der Waals surface area contributed by atoms with Crippen LogP contribution < -0.4 is 5.32 Å². The number of aliphatic hydroxyl groups excluding tert-OH is 1. The molecular formula is C12H17Cl2NO2. The highest BCUT2D eigenvalue weighted by Crippen LogP contribution is 2.26.